The van der Waals surface area contributed by atoms with Crippen LogP contribution in [-0.2, 0) is 6.54 Å². The van der Waals surface area contributed by atoms with E-state index in [1.807, 2.05) is 48.5 Å². The first kappa shape index (κ1) is 20.2. The van der Waals surface area contributed by atoms with Gasteiger partial charge in [0, 0.05) is 22.3 Å². The van der Waals surface area contributed by atoms with Crippen LogP contribution in [0.15, 0.2) is 84.0 Å². The molecule has 0 unspecified atom stereocenters. The van der Waals surface area contributed by atoms with E-state index in [9.17, 15) is 4.39 Å². The van der Waals surface area contributed by atoms with Gasteiger partial charge >= 0.3 is 0 Å². The molecule has 158 valence electrons. The lowest BCUT2D eigenvalue weighted by molar-refractivity contribution is 0.417. The van der Waals surface area contributed by atoms with Gasteiger partial charge in [0.25, 0.3) is 0 Å². The first-order valence-corrected chi connectivity index (χ1v) is 10.5. The highest BCUT2D eigenvalue weighted by Gasteiger charge is 2.22. The van der Waals surface area contributed by atoms with Crippen LogP contribution in [0.4, 0.5) is 15.9 Å². The number of rotatable bonds is 4. The zero-order chi connectivity index (χ0) is 22.1. The Morgan fingerprint density at radius 3 is 2.56 bits per heavy atom. The summed E-state index contributed by atoms with van der Waals surface area (Å²) in [5.41, 5.74) is 5.48. The first-order chi connectivity index (χ1) is 15.6. The lowest BCUT2D eigenvalue weighted by Crippen LogP contribution is -2.07. The summed E-state index contributed by atoms with van der Waals surface area (Å²) in [6.45, 7) is 0.382. The van der Waals surface area contributed by atoms with Crippen LogP contribution in [0.1, 0.15) is 16.7 Å². The Bertz CT molecular complexity index is 1350. The fourth-order valence-electron chi connectivity index (χ4n) is 3.89. The molecule has 0 radical (unpaired) electrons. The molecule has 1 aliphatic heterocycles. The highest BCUT2D eigenvalue weighted by Crippen LogP contribution is 2.36. The molecular formula is C26H19ClFN3O. The van der Waals surface area contributed by atoms with E-state index in [0.717, 1.165) is 33.7 Å². The van der Waals surface area contributed by atoms with Crippen LogP contribution in [0.2, 0.25) is 5.02 Å². The SMILES string of the molecule is COc1ccccc1Nc1cc2c(cn1)CN=C(c1ccccc1F)c1cc(Cl)ccc1-2. The zero-order valence-electron chi connectivity index (χ0n) is 17.3. The van der Waals surface area contributed by atoms with Crippen LogP contribution in [-0.4, -0.2) is 17.8 Å². The van der Waals surface area contributed by atoms with Crippen LogP contribution in [0.5, 0.6) is 5.75 Å². The van der Waals surface area contributed by atoms with Gasteiger partial charge in [0.15, 0.2) is 0 Å². The average Bonchev–Trinajstić information content (AvgIpc) is 2.96. The van der Waals surface area contributed by atoms with E-state index in [0.29, 0.717) is 28.7 Å². The Kier molecular flexibility index (Phi) is 5.33. The topological polar surface area (TPSA) is 46.5 Å². The second-order valence-corrected chi connectivity index (χ2v) is 7.82. The number of pyridine rings is 1. The number of hydrogen-bond acceptors (Lipinski definition) is 4. The van der Waals surface area contributed by atoms with Gasteiger partial charge in [-0.25, -0.2) is 9.37 Å². The smallest absolute Gasteiger partial charge is 0.142 e. The van der Waals surface area contributed by atoms with Crippen molar-refractivity contribution in [1.29, 1.82) is 0 Å². The van der Waals surface area contributed by atoms with E-state index in [2.05, 4.69) is 10.3 Å². The minimum absolute atomic E-state index is 0.320. The first-order valence-electron chi connectivity index (χ1n) is 10.1. The minimum Gasteiger partial charge on any atom is -0.495 e. The zero-order valence-corrected chi connectivity index (χ0v) is 18.0. The van der Waals surface area contributed by atoms with Gasteiger partial charge in [0.1, 0.15) is 17.4 Å². The Hall–Kier alpha value is -3.70. The Morgan fingerprint density at radius 2 is 1.72 bits per heavy atom. The normalized spacial score (nSPS) is 12.3. The molecule has 0 amide bonds. The number of aliphatic imine (C=N–C) groups is 1. The maximum absolute atomic E-state index is 14.7. The Morgan fingerprint density at radius 1 is 0.906 bits per heavy atom. The van der Waals surface area contributed by atoms with Crippen molar-refractivity contribution in [2.24, 2.45) is 4.99 Å². The number of benzene rings is 3. The number of anilines is 2. The van der Waals surface area contributed by atoms with E-state index >= 15 is 0 Å². The summed E-state index contributed by atoms with van der Waals surface area (Å²) in [5, 5.41) is 3.90. The number of methoxy groups -OCH3 is 1. The number of halogens is 2. The van der Waals surface area contributed by atoms with Gasteiger partial charge in [-0.1, -0.05) is 41.9 Å². The highest BCUT2D eigenvalue weighted by atomic mass is 35.5. The summed E-state index contributed by atoms with van der Waals surface area (Å²) in [5.74, 6) is 1.07. The van der Waals surface area contributed by atoms with Crippen molar-refractivity contribution in [2.45, 2.75) is 6.54 Å². The van der Waals surface area contributed by atoms with Gasteiger partial charge in [-0.3, -0.25) is 4.99 Å². The van der Waals surface area contributed by atoms with Crippen LogP contribution >= 0.6 is 11.6 Å². The molecular weight excluding hydrogens is 425 g/mol. The predicted octanol–water partition coefficient (Wildman–Crippen LogP) is 6.64. The minimum atomic E-state index is -0.320. The molecule has 0 spiro atoms. The summed E-state index contributed by atoms with van der Waals surface area (Å²) in [6, 6.07) is 21.9. The van der Waals surface area contributed by atoms with Gasteiger partial charge in [-0.2, -0.15) is 0 Å². The summed E-state index contributed by atoms with van der Waals surface area (Å²) >= 11 is 6.33. The summed E-state index contributed by atoms with van der Waals surface area (Å²) in [4.78, 5) is 9.33. The number of ether oxygens (including phenoxy) is 1. The summed E-state index contributed by atoms with van der Waals surface area (Å²) in [6.07, 6.45) is 1.80. The quantitative estimate of drug-likeness (QED) is 0.384. The maximum Gasteiger partial charge on any atom is 0.142 e. The van der Waals surface area contributed by atoms with Crippen LogP contribution < -0.4 is 10.1 Å². The van der Waals surface area contributed by atoms with Gasteiger partial charge < -0.3 is 10.1 Å². The Balaban J connectivity index is 1.63. The largest absolute Gasteiger partial charge is 0.495 e. The maximum atomic E-state index is 14.7. The standard InChI is InChI=1S/C26H19ClFN3O/c1-32-24-9-5-4-8-23(24)31-25-13-20-16(14-29-25)15-30-26(19-6-2-3-7-22(19)28)21-12-17(27)10-11-18(20)21/h2-14H,15H2,1H3,(H,29,31). The molecule has 32 heavy (non-hydrogen) atoms. The van der Waals surface area contributed by atoms with Crippen molar-refractivity contribution in [1.82, 2.24) is 4.98 Å². The van der Waals surface area contributed by atoms with Gasteiger partial charge in [0.05, 0.1) is 25.1 Å². The molecule has 6 heteroatoms. The van der Waals surface area contributed by atoms with Crippen LogP contribution in [0, 0.1) is 5.82 Å². The summed E-state index contributed by atoms with van der Waals surface area (Å²) < 4.78 is 20.1. The van der Waals surface area contributed by atoms with E-state index in [1.54, 1.807) is 31.5 Å². The van der Waals surface area contributed by atoms with Crippen molar-refractivity contribution in [3.8, 4) is 16.9 Å². The fourth-order valence-corrected chi connectivity index (χ4v) is 4.07. The second-order valence-electron chi connectivity index (χ2n) is 7.39. The monoisotopic (exact) mass is 443 g/mol. The van der Waals surface area contributed by atoms with E-state index in [-0.39, 0.29) is 5.82 Å². The molecule has 1 N–H and O–H groups in total. The number of fused-ring (bicyclic) bond motifs is 3. The molecule has 1 aromatic heterocycles. The molecule has 0 aliphatic carbocycles. The lowest BCUT2D eigenvalue weighted by Gasteiger charge is -2.14. The molecule has 0 saturated heterocycles. The fraction of sp³-hybridized carbons (Fsp3) is 0.0769. The van der Waals surface area contributed by atoms with E-state index < -0.39 is 0 Å². The molecule has 0 fully saturated rings. The number of aromatic nitrogens is 1. The second kappa shape index (κ2) is 8.44. The molecule has 0 saturated carbocycles. The third-order valence-corrected chi connectivity index (χ3v) is 5.65. The lowest BCUT2D eigenvalue weighted by atomic mass is 9.92. The van der Waals surface area contributed by atoms with Crippen molar-refractivity contribution in [2.75, 3.05) is 12.4 Å². The number of nitrogens with zero attached hydrogens (tertiary/aromatic N) is 2. The summed E-state index contributed by atoms with van der Waals surface area (Å²) in [7, 11) is 1.63. The number of para-hydroxylation sites is 2. The van der Waals surface area contributed by atoms with Gasteiger partial charge in [-0.05, 0) is 59.2 Å². The van der Waals surface area contributed by atoms with Crippen molar-refractivity contribution >= 4 is 28.8 Å². The molecule has 4 aromatic rings. The van der Waals surface area contributed by atoms with Crippen LogP contribution in [0.25, 0.3) is 11.1 Å². The van der Waals surface area contributed by atoms with Crippen molar-refractivity contribution < 1.29 is 9.13 Å². The Labute approximate surface area is 190 Å². The van der Waals surface area contributed by atoms with Gasteiger partial charge in [0.2, 0.25) is 0 Å². The van der Waals surface area contributed by atoms with Crippen LogP contribution in [0.3, 0.4) is 0 Å². The molecule has 0 bridgehead atoms. The molecule has 0 atom stereocenters. The highest BCUT2D eigenvalue weighted by molar-refractivity contribution is 6.31. The van der Waals surface area contributed by atoms with Gasteiger partial charge in [-0.15, -0.1) is 0 Å². The number of hydrogen-bond donors (Lipinski definition) is 1. The third kappa shape index (κ3) is 3.72. The number of nitrogens with one attached hydrogen (secondary N) is 1. The molecule has 4 nitrogen and oxygen atoms in total. The molecule has 3 aromatic carbocycles. The predicted molar refractivity (Wildman–Crippen MR) is 127 cm³/mol. The average molecular weight is 444 g/mol. The molecule has 1 aliphatic rings. The van der Waals surface area contributed by atoms with Crippen molar-refractivity contribution in [3.63, 3.8) is 0 Å². The third-order valence-electron chi connectivity index (χ3n) is 5.42. The molecule has 2 heterocycles. The van der Waals surface area contributed by atoms with Crippen molar-refractivity contribution in [3.05, 3.63) is 107 Å². The van der Waals surface area contributed by atoms with E-state index in [1.165, 1.54) is 6.07 Å². The van der Waals surface area contributed by atoms with E-state index in [4.69, 9.17) is 21.3 Å². The molecule has 5 rings (SSSR count).